The average Bonchev–Trinajstić information content (AvgIpc) is 2.76. The van der Waals surface area contributed by atoms with Crippen LogP contribution in [-0.2, 0) is 11.2 Å². The summed E-state index contributed by atoms with van der Waals surface area (Å²) in [7, 11) is 0. The third-order valence-electron chi connectivity index (χ3n) is 4.39. The number of benzene rings is 1. The van der Waals surface area contributed by atoms with E-state index in [1.54, 1.807) is 30.6 Å². The minimum atomic E-state index is -0.489. The predicted molar refractivity (Wildman–Crippen MR) is 110 cm³/mol. The highest BCUT2D eigenvalue weighted by Gasteiger charge is 2.21. The SMILES string of the molecule is N=C(Cc1ccc(F)cc1)OC(=N)c1nc(-c2cccnc2)c2cccnc2c1O. The Morgan fingerprint density at radius 2 is 1.80 bits per heavy atom. The second-order valence-electron chi connectivity index (χ2n) is 6.46. The Labute approximate surface area is 170 Å². The molecule has 1 aromatic carbocycles. The van der Waals surface area contributed by atoms with Crippen LogP contribution in [0.4, 0.5) is 4.39 Å². The van der Waals surface area contributed by atoms with E-state index in [1.807, 2.05) is 6.07 Å². The van der Waals surface area contributed by atoms with Crippen LogP contribution in [0.15, 0.2) is 67.1 Å². The van der Waals surface area contributed by atoms with E-state index >= 15 is 0 Å². The largest absolute Gasteiger partial charge is 0.504 e. The van der Waals surface area contributed by atoms with Crippen molar-refractivity contribution < 1.29 is 14.2 Å². The normalized spacial score (nSPS) is 10.7. The maximum absolute atomic E-state index is 13.0. The van der Waals surface area contributed by atoms with Crippen LogP contribution >= 0.6 is 0 Å². The zero-order chi connectivity index (χ0) is 21.1. The zero-order valence-corrected chi connectivity index (χ0v) is 15.6. The molecule has 3 aromatic heterocycles. The molecule has 0 unspecified atom stereocenters. The Hall–Kier alpha value is -4.20. The van der Waals surface area contributed by atoms with Crippen LogP contribution in [0.2, 0.25) is 0 Å². The molecule has 30 heavy (non-hydrogen) atoms. The first-order chi connectivity index (χ1) is 14.5. The quantitative estimate of drug-likeness (QED) is 0.352. The van der Waals surface area contributed by atoms with Crippen LogP contribution in [-0.4, -0.2) is 31.9 Å². The van der Waals surface area contributed by atoms with Crippen molar-refractivity contribution in [1.82, 2.24) is 15.0 Å². The third kappa shape index (κ3) is 3.83. The second kappa shape index (κ2) is 8.04. The lowest BCUT2D eigenvalue weighted by molar-refractivity contribution is 0.467. The molecule has 0 bridgehead atoms. The van der Waals surface area contributed by atoms with Crippen molar-refractivity contribution in [3.63, 3.8) is 0 Å². The first kappa shape index (κ1) is 19.1. The van der Waals surface area contributed by atoms with E-state index in [2.05, 4.69) is 15.0 Å². The number of rotatable bonds is 4. The monoisotopic (exact) mass is 401 g/mol. The van der Waals surface area contributed by atoms with Gasteiger partial charge in [-0.05, 0) is 42.0 Å². The average molecular weight is 401 g/mol. The van der Waals surface area contributed by atoms with Crippen LogP contribution in [0.25, 0.3) is 22.2 Å². The first-order valence-electron chi connectivity index (χ1n) is 8.99. The number of hydrogen-bond donors (Lipinski definition) is 3. The second-order valence-corrected chi connectivity index (χ2v) is 6.46. The topological polar surface area (TPSA) is 116 Å². The molecule has 0 spiro atoms. The maximum atomic E-state index is 13.0. The molecule has 0 radical (unpaired) electrons. The van der Waals surface area contributed by atoms with Gasteiger partial charge in [-0.3, -0.25) is 20.8 Å². The van der Waals surface area contributed by atoms with E-state index in [1.165, 1.54) is 30.5 Å². The summed E-state index contributed by atoms with van der Waals surface area (Å²) in [5.41, 5.74) is 1.95. The van der Waals surface area contributed by atoms with Crippen molar-refractivity contribution >= 4 is 22.7 Å². The summed E-state index contributed by atoms with van der Waals surface area (Å²) in [6.45, 7) is 0. The summed E-state index contributed by atoms with van der Waals surface area (Å²) in [6.07, 6.45) is 4.84. The molecular formula is C22H16FN5O2. The van der Waals surface area contributed by atoms with Gasteiger partial charge in [0.2, 0.25) is 5.90 Å². The first-order valence-corrected chi connectivity index (χ1v) is 8.99. The lowest BCUT2D eigenvalue weighted by atomic mass is 10.1. The minimum absolute atomic E-state index is 0.0602. The molecule has 0 fully saturated rings. The Balaban J connectivity index is 1.68. The molecule has 7 nitrogen and oxygen atoms in total. The van der Waals surface area contributed by atoms with Gasteiger partial charge in [0.1, 0.15) is 11.3 Å². The van der Waals surface area contributed by atoms with Crippen LogP contribution < -0.4 is 0 Å². The lowest BCUT2D eigenvalue weighted by Gasteiger charge is -2.13. The molecule has 0 saturated carbocycles. The summed E-state index contributed by atoms with van der Waals surface area (Å²) >= 11 is 0. The number of aromatic hydroxyl groups is 1. The van der Waals surface area contributed by atoms with Gasteiger partial charge in [0.25, 0.3) is 0 Å². The smallest absolute Gasteiger partial charge is 0.243 e. The van der Waals surface area contributed by atoms with Gasteiger partial charge in [-0.15, -0.1) is 0 Å². The molecule has 3 N–H and O–H groups in total. The predicted octanol–water partition coefficient (Wildman–Crippen LogP) is 4.10. The van der Waals surface area contributed by atoms with E-state index in [0.717, 1.165) is 0 Å². The highest BCUT2D eigenvalue weighted by Crippen LogP contribution is 2.33. The van der Waals surface area contributed by atoms with Crippen molar-refractivity contribution in [2.24, 2.45) is 0 Å². The molecule has 3 heterocycles. The highest BCUT2D eigenvalue weighted by molar-refractivity contribution is 6.06. The fourth-order valence-corrected chi connectivity index (χ4v) is 3.00. The molecule has 0 amide bonds. The van der Waals surface area contributed by atoms with Crippen molar-refractivity contribution in [3.05, 3.63) is 84.2 Å². The molecule has 0 aliphatic rings. The van der Waals surface area contributed by atoms with Crippen molar-refractivity contribution in [2.45, 2.75) is 6.42 Å². The molecule has 4 aromatic rings. The van der Waals surface area contributed by atoms with Gasteiger partial charge in [0, 0.05) is 36.0 Å². The van der Waals surface area contributed by atoms with Crippen LogP contribution in [0, 0.1) is 16.6 Å². The summed E-state index contributed by atoms with van der Waals surface area (Å²) < 4.78 is 18.3. The molecule has 148 valence electrons. The summed E-state index contributed by atoms with van der Waals surface area (Å²) in [5.74, 6) is -1.41. The molecule has 0 aliphatic carbocycles. The van der Waals surface area contributed by atoms with Gasteiger partial charge in [0.05, 0.1) is 5.69 Å². The molecule has 0 saturated heterocycles. The molecule has 0 aliphatic heterocycles. The van der Waals surface area contributed by atoms with E-state index < -0.39 is 5.90 Å². The number of hydrogen-bond acceptors (Lipinski definition) is 7. The van der Waals surface area contributed by atoms with Crippen LogP contribution in [0.1, 0.15) is 11.3 Å². The van der Waals surface area contributed by atoms with Gasteiger partial charge >= 0.3 is 0 Å². The fraction of sp³-hybridized carbons (Fsp3) is 0.0455. The number of nitrogens with zero attached hydrogens (tertiary/aromatic N) is 3. The summed E-state index contributed by atoms with van der Waals surface area (Å²) in [4.78, 5) is 12.7. The van der Waals surface area contributed by atoms with Crippen molar-refractivity contribution in [3.8, 4) is 17.0 Å². The number of fused-ring (bicyclic) bond motifs is 1. The Kier molecular flexibility index (Phi) is 5.13. The Morgan fingerprint density at radius 3 is 2.53 bits per heavy atom. The fourth-order valence-electron chi connectivity index (χ4n) is 3.00. The zero-order valence-electron chi connectivity index (χ0n) is 15.6. The van der Waals surface area contributed by atoms with Crippen molar-refractivity contribution in [1.29, 1.82) is 10.8 Å². The van der Waals surface area contributed by atoms with E-state index in [0.29, 0.717) is 22.2 Å². The number of aromatic nitrogens is 3. The lowest BCUT2D eigenvalue weighted by Crippen LogP contribution is -2.16. The molecule has 4 rings (SSSR count). The summed E-state index contributed by atoms with van der Waals surface area (Å²) in [5, 5.41) is 27.5. The number of halogens is 1. The van der Waals surface area contributed by atoms with Crippen molar-refractivity contribution in [2.75, 3.05) is 0 Å². The van der Waals surface area contributed by atoms with E-state index in [-0.39, 0.29) is 35.1 Å². The summed E-state index contributed by atoms with van der Waals surface area (Å²) in [6, 6.07) is 12.7. The van der Waals surface area contributed by atoms with Crippen LogP contribution in [0.3, 0.4) is 0 Å². The Morgan fingerprint density at radius 1 is 1.03 bits per heavy atom. The van der Waals surface area contributed by atoms with E-state index in [4.69, 9.17) is 15.6 Å². The number of pyridine rings is 3. The molecule has 0 atom stereocenters. The van der Waals surface area contributed by atoms with E-state index in [9.17, 15) is 9.50 Å². The molecule has 8 heteroatoms. The van der Waals surface area contributed by atoms with Gasteiger partial charge in [-0.2, -0.15) is 0 Å². The highest BCUT2D eigenvalue weighted by atomic mass is 19.1. The maximum Gasteiger partial charge on any atom is 0.243 e. The standard InChI is InChI=1S/C22H16FN5O2/c23-15-7-5-13(6-8-15)11-17(24)30-22(25)20-21(29)19-16(4-2-10-27-19)18(28-20)14-3-1-9-26-12-14/h1-10,12,24-25,29H,11H2. The van der Waals surface area contributed by atoms with Gasteiger partial charge in [-0.1, -0.05) is 12.1 Å². The number of ether oxygens (including phenoxy) is 1. The van der Waals surface area contributed by atoms with Gasteiger partial charge in [0.15, 0.2) is 17.3 Å². The van der Waals surface area contributed by atoms with Gasteiger partial charge in [-0.25, -0.2) is 9.37 Å². The Bertz CT molecular complexity index is 1240. The molecular weight excluding hydrogens is 385 g/mol. The number of nitrogens with one attached hydrogen (secondary N) is 2. The van der Waals surface area contributed by atoms with Crippen LogP contribution in [0.5, 0.6) is 5.75 Å². The third-order valence-corrected chi connectivity index (χ3v) is 4.39. The minimum Gasteiger partial charge on any atom is -0.504 e. The van der Waals surface area contributed by atoms with Gasteiger partial charge < -0.3 is 9.84 Å².